The van der Waals surface area contributed by atoms with Crippen LogP contribution in [0.3, 0.4) is 0 Å². The molecule has 1 aromatic carbocycles. The summed E-state index contributed by atoms with van der Waals surface area (Å²) in [6.45, 7) is 0. The van der Waals surface area contributed by atoms with Crippen molar-refractivity contribution in [1.29, 1.82) is 0 Å². The van der Waals surface area contributed by atoms with Gasteiger partial charge < -0.3 is 5.73 Å². The quantitative estimate of drug-likeness (QED) is 0.569. The molecular formula is C22H18F5N3O. The van der Waals surface area contributed by atoms with E-state index in [1.165, 1.54) is 17.3 Å². The van der Waals surface area contributed by atoms with Gasteiger partial charge in [0.2, 0.25) is 5.91 Å². The fraction of sp³-hybridized carbons (Fsp3) is 0.227. The molecule has 31 heavy (non-hydrogen) atoms. The number of carbonyl (C=O) groups excluding carboxylic acids is 1. The van der Waals surface area contributed by atoms with Crippen LogP contribution < -0.4 is 5.73 Å². The van der Waals surface area contributed by atoms with Gasteiger partial charge in [-0.1, -0.05) is 0 Å². The van der Waals surface area contributed by atoms with Crippen LogP contribution in [0.2, 0.25) is 0 Å². The molecule has 4 rings (SSSR count). The number of aryl methyl sites for hydroxylation is 2. The largest absolute Gasteiger partial charge is 0.433 e. The average Bonchev–Trinajstić information content (AvgIpc) is 2.72. The number of halogens is 5. The number of hydrogen-bond acceptors (Lipinski definition) is 3. The Kier molecular flexibility index (Phi) is 6.62. The lowest BCUT2D eigenvalue weighted by Crippen LogP contribution is -2.11. The molecule has 4 nitrogen and oxygen atoms in total. The standard InChI is InChI=1S/C15H13F3N2.C7H5F2NO/c16-15(17,18)14-8-11(5-6-19-14)13-7-10-3-1-2-4-12(10)9-20-13;8-5-1-4(7(10)11)2-6(9)3-5/h5-9H,1-4H2;1-3H,(H2,10,11). The van der Waals surface area contributed by atoms with Crippen molar-refractivity contribution in [3.8, 4) is 11.3 Å². The van der Waals surface area contributed by atoms with Crippen molar-refractivity contribution in [1.82, 2.24) is 9.97 Å². The molecule has 0 spiro atoms. The van der Waals surface area contributed by atoms with E-state index in [2.05, 4.69) is 9.97 Å². The van der Waals surface area contributed by atoms with Crippen LogP contribution in [0, 0.1) is 11.6 Å². The Balaban J connectivity index is 0.000000210. The van der Waals surface area contributed by atoms with Crippen LogP contribution in [0.4, 0.5) is 22.0 Å². The van der Waals surface area contributed by atoms with Gasteiger partial charge in [0.1, 0.15) is 17.3 Å². The molecular weight excluding hydrogens is 417 g/mol. The van der Waals surface area contributed by atoms with Gasteiger partial charge in [0, 0.05) is 29.6 Å². The maximum atomic E-state index is 12.7. The Labute approximate surface area is 175 Å². The molecule has 0 atom stereocenters. The minimum Gasteiger partial charge on any atom is -0.366 e. The third kappa shape index (κ3) is 5.84. The van der Waals surface area contributed by atoms with E-state index < -0.39 is 29.4 Å². The lowest BCUT2D eigenvalue weighted by molar-refractivity contribution is -0.141. The summed E-state index contributed by atoms with van der Waals surface area (Å²) >= 11 is 0. The van der Waals surface area contributed by atoms with Crippen LogP contribution in [0.1, 0.15) is 40.0 Å². The Morgan fingerprint density at radius 3 is 2.16 bits per heavy atom. The first-order valence-electron chi connectivity index (χ1n) is 9.41. The average molecular weight is 435 g/mol. The summed E-state index contributed by atoms with van der Waals surface area (Å²) in [6.07, 6.45) is 2.80. The second kappa shape index (κ2) is 9.20. The number of primary amides is 1. The molecule has 0 unspecified atom stereocenters. The SMILES string of the molecule is FC(F)(F)c1cc(-c2cc3c(cn2)CCCC3)ccn1.NC(=O)c1cc(F)cc(F)c1. The molecule has 0 saturated carbocycles. The zero-order valence-corrected chi connectivity index (χ0v) is 16.2. The number of carbonyl (C=O) groups is 1. The number of rotatable bonds is 2. The van der Waals surface area contributed by atoms with Crippen molar-refractivity contribution in [2.75, 3.05) is 0 Å². The van der Waals surface area contributed by atoms with Gasteiger partial charge >= 0.3 is 6.18 Å². The Morgan fingerprint density at radius 1 is 0.903 bits per heavy atom. The maximum Gasteiger partial charge on any atom is 0.433 e. The minimum absolute atomic E-state index is 0.164. The van der Waals surface area contributed by atoms with Gasteiger partial charge in [0.25, 0.3) is 0 Å². The van der Waals surface area contributed by atoms with Crippen molar-refractivity contribution in [3.05, 3.63) is 82.8 Å². The highest BCUT2D eigenvalue weighted by Gasteiger charge is 2.32. The van der Waals surface area contributed by atoms with E-state index in [0.29, 0.717) is 17.3 Å². The first kappa shape index (κ1) is 22.3. The Morgan fingerprint density at radius 2 is 1.55 bits per heavy atom. The van der Waals surface area contributed by atoms with Crippen LogP contribution in [-0.4, -0.2) is 15.9 Å². The normalized spacial score (nSPS) is 13.1. The summed E-state index contributed by atoms with van der Waals surface area (Å²) in [5.74, 6) is -2.46. The highest BCUT2D eigenvalue weighted by molar-refractivity contribution is 5.92. The monoisotopic (exact) mass is 435 g/mol. The molecule has 1 aliphatic rings. The van der Waals surface area contributed by atoms with Gasteiger partial charge in [0.15, 0.2) is 0 Å². The zero-order chi connectivity index (χ0) is 22.6. The zero-order valence-electron chi connectivity index (χ0n) is 16.2. The number of benzene rings is 1. The van der Waals surface area contributed by atoms with Gasteiger partial charge in [-0.25, -0.2) is 8.78 Å². The van der Waals surface area contributed by atoms with Crippen LogP contribution in [0.25, 0.3) is 11.3 Å². The first-order valence-corrected chi connectivity index (χ1v) is 9.41. The van der Waals surface area contributed by atoms with Crippen molar-refractivity contribution in [2.24, 2.45) is 5.73 Å². The summed E-state index contributed by atoms with van der Waals surface area (Å²) in [6, 6.07) is 6.96. The Hall–Kier alpha value is -3.36. The molecule has 3 aromatic rings. The highest BCUT2D eigenvalue weighted by atomic mass is 19.4. The maximum absolute atomic E-state index is 12.7. The second-order valence-electron chi connectivity index (χ2n) is 7.00. The van der Waals surface area contributed by atoms with E-state index >= 15 is 0 Å². The van der Waals surface area contributed by atoms with E-state index in [0.717, 1.165) is 43.9 Å². The van der Waals surface area contributed by atoms with Crippen molar-refractivity contribution >= 4 is 5.91 Å². The summed E-state index contributed by atoms with van der Waals surface area (Å²) in [4.78, 5) is 18.1. The van der Waals surface area contributed by atoms with E-state index in [9.17, 15) is 26.7 Å². The van der Waals surface area contributed by atoms with Gasteiger partial charge in [0.05, 0.1) is 5.69 Å². The van der Waals surface area contributed by atoms with Gasteiger partial charge in [-0.2, -0.15) is 13.2 Å². The summed E-state index contributed by atoms with van der Waals surface area (Å²) < 4.78 is 62.7. The predicted octanol–water partition coefficient (Wildman–Crippen LogP) is 5.10. The summed E-state index contributed by atoms with van der Waals surface area (Å²) in [5.41, 5.74) is 7.19. The summed E-state index contributed by atoms with van der Waals surface area (Å²) in [5, 5.41) is 0. The first-order chi connectivity index (χ1) is 14.6. The van der Waals surface area contributed by atoms with Crippen molar-refractivity contribution < 1.29 is 26.7 Å². The molecule has 2 heterocycles. The number of fused-ring (bicyclic) bond motifs is 1. The van der Waals surface area contributed by atoms with Crippen LogP contribution in [0.5, 0.6) is 0 Å². The number of alkyl halides is 3. The topological polar surface area (TPSA) is 68.9 Å². The lowest BCUT2D eigenvalue weighted by atomic mass is 9.92. The van der Waals surface area contributed by atoms with E-state index in [1.54, 1.807) is 12.3 Å². The third-order valence-electron chi connectivity index (χ3n) is 4.72. The molecule has 0 saturated heterocycles. The molecule has 2 aromatic heterocycles. The number of aromatic nitrogens is 2. The van der Waals surface area contributed by atoms with Gasteiger partial charge in [-0.3, -0.25) is 14.8 Å². The molecule has 9 heteroatoms. The molecule has 1 aliphatic carbocycles. The number of pyridine rings is 2. The molecule has 0 bridgehead atoms. The van der Waals surface area contributed by atoms with Crippen LogP contribution in [0.15, 0.2) is 48.8 Å². The molecule has 2 N–H and O–H groups in total. The molecule has 0 aliphatic heterocycles. The number of nitrogens with zero attached hydrogens (tertiary/aromatic N) is 2. The third-order valence-corrected chi connectivity index (χ3v) is 4.72. The molecule has 0 radical (unpaired) electrons. The molecule has 162 valence electrons. The smallest absolute Gasteiger partial charge is 0.366 e. The minimum atomic E-state index is -4.43. The number of hydrogen-bond donors (Lipinski definition) is 1. The Bertz CT molecular complexity index is 1080. The van der Waals surface area contributed by atoms with E-state index in [-0.39, 0.29) is 5.56 Å². The fourth-order valence-electron chi connectivity index (χ4n) is 3.21. The second-order valence-corrected chi connectivity index (χ2v) is 7.00. The van der Waals surface area contributed by atoms with Gasteiger partial charge in [-0.15, -0.1) is 0 Å². The fourth-order valence-corrected chi connectivity index (χ4v) is 3.21. The van der Waals surface area contributed by atoms with Crippen molar-refractivity contribution in [3.63, 3.8) is 0 Å². The molecule has 1 amide bonds. The number of nitrogens with two attached hydrogens (primary N) is 1. The predicted molar refractivity (Wildman–Crippen MR) is 104 cm³/mol. The molecule has 0 fully saturated rings. The highest BCUT2D eigenvalue weighted by Crippen LogP contribution is 2.31. The number of amides is 1. The van der Waals surface area contributed by atoms with Gasteiger partial charge in [-0.05, 0) is 67.1 Å². The van der Waals surface area contributed by atoms with Crippen LogP contribution >= 0.6 is 0 Å². The van der Waals surface area contributed by atoms with E-state index in [4.69, 9.17) is 5.73 Å². The van der Waals surface area contributed by atoms with Crippen molar-refractivity contribution in [2.45, 2.75) is 31.9 Å². The van der Waals surface area contributed by atoms with E-state index in [1.807, 2.05) is 6.07 Å². The summed E-state index contributed by atoms with van der Waals surface area (Å²) in [7, 11) is 0. The van der Waals surface area contributed by atoms with Crippen LogP contribution in [-0.2, 0) is 19.0 Å². The lowest BCUT2D eigenvalue weighted by Gasteiger charge is -2.16.